The third kappa shape index (κ3) is 21.2. The van der Waals surface area contributed by atoms with Crippen molar-refractivity contribution in [3.63, 3.8) is 0 Å². The van der Waals surface area contributed by atoms with Gasteiger partial charge in [-0.05, 0) is 44.9 Å². The Morgan fingerprint density at radius 1 is 0.702 bits per heavy atom. The molecular weight excluding hydrogens is 598 g/mol. The average molecular weight is 668 g/mol. The van der Waals surface area contributed by atoms with Gasteiger partial charge in [-0.3, -0.25) is 4.79 Å². The predicted molar refractivity (Wildman–Crippen MR) is 189 cm³/mol. The number of hydrogen-bond acceptors (Lipinski definition) is 8. The summed E-state index contributed by atoms with van der Waals surface area (Å²) in [6.07, 6.45) is 26.5. The van der Waals surface area contributed by atoms with Gasteiger partial charge in [0.25, 0.3) is 0 Å². The lowest BCUT2D eigenvalue weighted by atomic mass is 9.99. The SMILES string of the molecule is CCCCCCCCCC/C=C/CC/C=C/CC/C=C/C(O)C(COC1OC(CO)C(O)C(O)C1O)NC(=O)CCCCCCCC. The van der Waals surface area contributed by atoms with E-state index in [4.69, 9.17) is 9.47 Å². The monoisotopic (exact) mass is 668 g/mol. The van der Waals surface area contributed by atoms with Gasteiger partial charge in [0.15, 0.2) is 6.29 Å². The molecule has 1 saturated heterocycles. The van der Waals surface area contributed by atoms with Crippen LogP contribution in [-0.4, -0.2) is 87.5 Å². The highest BCUT2D eigenvalue weighted by atomic mass is 16.7. The number of unbranched alkanes of at least 4 members (excludes halogenated alkanes) is 15. The Morgan fingerprint density at radius 2 is 1.21 bits per heavy atom. The van der Waals surface area contributed by atoms with Crippen molar-refractivity contribution in [2.45, 2.75) is 185 Å². The number of nitrogens with one attached hydrogen (secondary N) is 1. The molecule has 47 heavy (non-hydrogen) atoms. The van der Waals surface area contributed by atoms with Crippen molar-refractivity contribution in [1.82, 2.24) is 5.32 Å². The fraction of sp³-hybridized carbons (Fsp3) is 0.816. The summed E-state index contributed by atoms with van der Waals surface area (Å²) in [6, 6.07) is -0.820. The van der Waals surface area contributed by atoms with Crippen LogP contribution in [0.5, 0.6) is 0 Å². The standard InChI is InChI=1S/C38H69NO8/c1-3-5-7-9-11-12-13-14-15-16-17-18-19-20-21-22-23-25-27-32(41)31(39-34(42)28-26-24-10-8-6-4-2)30-46-38-37(45)36(44)35(43)33(29-40)47-38/h16-17,20-21,25,27,31-33,35-38,40-41,43-45H,3-15,18-19,22-24,26,28-30H2,1-2H3,(H,39,42)/b17-16+,21-20+,27-25+. The summed E-state index contributed by atoms with van der Waals surface area (Å²) in [6.45, 7) is 3.64. The first-order valence-electron chi connectivity index (χ1n) is 18.7. The van der Waals surface area contributed by atoms with Gasteiger partial charge in [0.1, 0.15) is 24.4 Å². The summed E-state index contributed by atoms with van der Waals surface area (Å²) in [5.41, 5.74) is 0. The van der Waals surface area contributed by atoms with Gasteiger partial charge < -0.3 is 40.3 Å². The fourth-order valence-electron chi connectivity index (χ4n) is 5.60. The number of carbonyl (C=O) groups excluding carboxylic acids is 1. The van der Waals surface area contributed by atoms with Crippen LogP contribution < -0.4 is 5.32 Å². The van der Waals surface area contributed by atoms with E-state index in [1.165, 1.54) is 64.2 Å². The van der Waals surface area contributed by atoms with E-state index >= 15 is 0 Å². The summed E-state index contributed by atoms with van der Waals surface area (Å²) in [5.74, 6) is -0.204. The van der Waals surface area contributed by atoms with E-state index in [1.807, 2.05) is 6.08 Å². The summed E-state index contributed by atoms with van der Waals surface area (Å²) in [4.78, 5) is 12.7. The predicted octanol–water partition coefficient (Wildman–Crippen LogP) is 6.16. The van der Waals surface area contributed by atoms with Crippen molar-refractivity contribution in [1.29, 1.82) is 0 Å². The average Bonchev–Trinajstić information content (AvgIpc) is 3.07. The maximum absolute atomic E-state index is 12.7. The number of ether oxygens (including phenoxy) is 2. The maximum Gasteiger partial charge on any atom is 0.220 e. The molecule has 0 aromatic rings. The Morgan fingerprint density at radius 3 is 1.79 bits per heavy atom. The van der Waals surface area contributed by atoms with Crippen molar-refractivity contribution in [3.05, 3.63) is 36.5 Å². The van der Waals surface area contributed by atoms with Crippen LogP contribution in [0.4, 0.5) is 0 Å². The van der Waals surface area contributed by atoms with E-state index in [1.54, 1.807) is 6.08 Å². The van der Waals surface area contributed by atoms with Gasteiger partial charge in [-0.2, -0.15) is 0 Å². The minimum atomic E-state index is -1.57. The summed E-state index contributed by atoms with van der Waals surface area (Å²) in [5, 5.41) is 53.6. The van der Waals surface area contributed by atoms with Gasteiger partial charge in [0.05, 0.1) is 25.4 Å². The molecule has 0 radical (unpaired) electrons. The molecule has 1 amide bonds. The van der Waals surface area contributed by atoms with E-state index in [9.17, 15) is 30.3 Å². The van der Waals surface area contributed by atoms with Gasteiger partial charge in [0, 0.05) is 6.42 Å². The normalized spacial score (nSPS) is 23.3. The Balaban J connectivity index is 2.45. The van der Waals surface area contributed by atoms with Gasteiger partial charge in [-0.15, -0.1) is 0 Å². The van der Waals surface area contributed by atoms with E-state index in [-0.39, 0.29) is 12.5 Å². The van der Waals surface area contributed by atoms with Crippen molar-refractivity contribution >= 4 is 5.91 Å². The van der Waals surface area contributed by atoms with Crippen LogP contribution >= 0.6 is 0 Å². The van der Waals surface area contributed by atoms with Crippen LogP contribution in [0.3, 0.4) is 0 Å². The first kappa shape index (κ1) is 43.4. The highest BCUT2D eigenvalue weighted by Crippen LogP contribution is 2.22. The van der Waals surface area contributed by atoms with Gasteiger partial charge in [0.2, 0.25) is 5.91 Å². The van der Waals surface area contributed by atoms with Gasteiger partial charge >= 0.3 is 0 Å². The zero-order chi connectivity index (χ0) is 34.5. The Hall–Kier alpha value is -1.59. The summed E-state index contributed by atoms with van der Waals surface area (Å²) in [7, 11) is 0. The molecule has 0 saturated carbocycles. The maximum atomic E-state index is 12.7. The van der Waals surface area contributed by atoms with E-state index in [2.05, 4.69) is 43.5 Å². The topological polar surface area (TPSA) is 149 Å². The van der Waals surface area contributed by atoms with Crippen LogP contribution in [0.2, 0.25) is 0 Å². The molecule has 0 aromatic heterocycles. The number of allylic oxidation sites excluding steroid dienone is 5. The first-order valence-corrected chi connectivity index (χ1v) is 18.7. The number of rotatable bonds is 29. The number of aliphatic hydroxyl groups is 5. The third-order valence-electron chi connectivity index (χ3n) is 8.70. The molecule has 9 nitrogen and oxygen atoms in total. The molecule has 7 atom stereocenters. The zero-order valence-electron chi connectivity index (χ0n) is 29.5. The zero-order valence-corrected chi connectivity index (χ0v) is 29.5. The molecule has 274 valence electrons. The van der Waals surface area contributed by atoms with Crippen LogP contribution in [-0.2, 0) is 14.3 Å². The lowest BCUT2D eigenvalue weighted by molar-refractivity contribution is -0.302. The number of aliphatic hydroxyl groups excluding tert-OH is 5. The highest BCUT2D eigenvalue weighted by molar-refractivity contribution is 5.76. The number of hydrogen-bond donors (Lipinski definition) is 6. The van der Waals surface area contributed by atoms with Crippen LogP contribution in [0.1, 0.15) is 142 Å². The van der Waals surface area contributed by atoms with Crippen molar-refractivity contribution in [3.8, 4) is 0 Å². The smallest absolute Gasteiger partial charge is 0.220 e. The number of amides is 1. The molecule has 1 rings (SSSR count). The van der Waals surface area contributed by atoms with Crippen molar-refractivity contribution in [2.24, 2.45) is 0 Å². The van der Waals surface area contributed by atoms with Gasteiger partial charge in [-0.1, -0.05) is 127 Å². The molecular formula is C38H69NO8. The Bertz CT molecular complexity index is 833. The molecule has 0 bridgehead atoms. The first-order chi connectivity index (χ1) is 22.8. The Kier molecular flexibility index (Phi) is 27.1. The summed E-state index contributed by atoms with van der Waals surface area (Å²) < 4.78 is 11.1. The fourth-order valence-corrected chi connectivity index (χ4v) is 5.60. The minimum Gasteiger partial charge on any atom is -0.394 e. The second-order valence-electron chi connectivity index (χ2n) is 13.0. The van der Waals surface area contributed by atoms with Gasteiger partial charge in [-0.25, -0.2) is 0 Å². The molecule has 0 aromatic carbocycles. The molecule has 7 unspecified atom stereocenters. The Labute approximate surface area is 285 Å². The van der Waals surface area contributed by atoms with E-state index in [0.717, 1.165) is 57.8 Å². The molecule has 1 heterocycles. The van der Waals surface area contributed by atoms with Crippen molar-refractivity contribution < 1.29 is 39.8 Å². The molecule has 1 aliphatic rings. The van der Waals surface area contributed by atoms with Crippen LogP contribution in [0.15, 0.2) is 36.5 Å². The molecule has 0 aliphatic carbocycles. The molecule has 0 spiro atoms. The third-order valence-corrected chi connectivity index (χ3v) is 8.70. The second kappa shape index (κ2) is 29.3. The lowest BCUT2D eigenvalue weighted by Crippen LogP contribution is -2.60. The lowest BCUT2D eigenvalue weighted by Gasteiger charge is -2.40. The quantitative estimate of drug-likeness (QED) is 0.0411. The van der Waals surface area contributed by atoms with Crippen LogP contribution in [0.25, 0.3) is 0 Å². The number of carbonyl (C=O) groups is 1. The molecule has 9 heteroatoms. The van der Waals surface area contributed by atoms with E-state index < -0.39 is 49.5 Å². The second-order valence-corrected chi connectivity index (χ2v) is 13.0. The van der Waals surface area contributed by atoms with Crippen molar-refractivity contribution in [2.75, 3.05) is 13.2 Å². The van der Waals surface area contributed by atoms with Crippen LogP contribution in [0, 0.1) is 0 Å². The minimum absolute atomic E-state index is 0.204. The largest absolute Gasteiger partial charge is 0.394 e. The van der Waals surface area contributed by atoms with E-state index in [0.29, 0.717) is 6.42 Å². The molecule has 1 fully saturated rings. The summed E-state index contributed by atoms with van der Waals surface area (Å²) >= 11 is 0. The highest BCUT2D eigenvalue weighted by Gasteiger charge is 2.44. The molecule has 1 aliphatic heterocycles. The molecule has 6 N–H and O–H groups in total.